The molecule has 0 saturated heterocycles. The average molecular weight is 528 g/mol. The third kappa shape index (κ3) is 6.12. The first-order valence-corrected chi connectivity index (χ1v) is 12.9. The van der Waals surface area contributed by atoms with E-state index in [4.69, 9.17) is 9.47 Å². The van der Waals surface area contributed by atoms with Crippen molar-refractivity contribution in [3.05, 3.63) is 53.0 Å². The van der Waals surface area contributed by atoms with Crippen LogP contribution in [0.15, 0.2) is 41.5 Å². The van der Waals surface area contributed by atoms with Crippen molar-refractivity contribution < 1.29 is 23.0 Å². The van der Waals surface area contributed by atoms with Crippen LogP contribution in [0.5, 0.6) is 11.5 Å². The monoisotopic (exact) mass is 527 g/mol. The van der Waals surface area contributed by atoms with Crippen LogP contribution in [0.4, 0.5) is 19.3 Å². The fraction of sp³-hybridized carbons (Fsp3) is 0.346. The number of amides is 2. The lowest BCUT2D eigenvalue weighted by Crippen LogP contribution is -2.30. The third-order valence-corrected chi connectivity index (χ3v) is 7.15. The highest BCUT2D eigenvalue weighted by Crippen LogP contribution is 2.39. The van der Waals surface area contributed by atoms with E-state index in [1.54, 1.807) is 19.4 Å². The predicted molar refractivity (Wildman–Crippen MR) is 141 cm³/mol. The number of urea groups is 1. The van der Waals surface area contributed by atoms with Crippen LogP contribution in [0.3, 0.4) is 0 Å². The zero-order chi connectivity index (χ0) is 25.8. The number of allylic oxidation sites excluding steroid dienone is 1. The Morgan fingerprint density at radius 1 is 1.19 bits per heavy atom. The van der Waals surface area contributed by atoms with E-state index in [1.165, 1.54) is 23.5 Å². The summed E-state index contributed by atoms with van der Waals surface area (Å²) in [6, 6.07) is 5.62. The molecule has 37 heavy (non-hydrogen) atoms. The van der Waals surface area contributed by atoms with Crippen molar-refractivity contribution >= 4 is 45.2 Å². The summed E-state index contributed by atoms with van der Waals surface area (Å²) in [5.74, 6) is -1.99. The van der Waals surface area contributed by atoms with Gasteiger partial charge in [0, 0.05) is 50.6 Å². The van der Waals surface area contributed by atoms with Gasteiger partial charge in [-0.15, -0.1) is 11.3 Å². The lowest BCUT2D eigenvalue weighted by Gasteiger charge is -2.15. The Morgan fingerprint density at radius 3 is 2.81 bits per heavy atom. The molecule has 1 aliphatic carbocycles. The number of aliphatic imine (C=N–C) groups is 1. The number of anilines is 1. The second-order valence-corrected chi connectivity index (χ2v) is 9.96. The minimum atomic E-state index is -1.19. The number of rotatable bonds is 10. The summed E-state index contributed by atoms with van der Waals surface area (Å²) in [5, 5.41) is 8.36. The number of fused-ring (bicyclic) bond motifs is 1. The lowest BCUT2D eigenvalue weighted by molar-refractivity contribution is 0.199. The molecule has 3 heterocycles. The number of nitrogens with zero attached hydrogens (tertiary/aromatic N) is 2. The minimum Gasteiger partial charge on any atom is -0.453 e. The quantitative estimate of drug-likeness (QED) is 0.310. The molecular formula is C26H27F2N5O3S. The van der Waals surface area contributed by atoms with E-state index < -0.39 is 17.7 Å². The Balaban J connectivity index is 1.29. The average Bonchev–Trinajstić information content (AvgIpc) is 3.60. The Bertz CT molecular complexity index is 1360. The molecule has 8 nitrogen and oxygen atoms in total. The standard InChI is InChI=1S/C26H27F2N5O3S/c1-35-11-10-29-13-15-2-5-17(31-14-15)22-12-19-25(37-22)21(8-9-30-19)36-20-7-6-18(23(27)24(20)28)33-26(34)32-16-3-4-16/h5-9,12,14-16,29H,2-4,10-11,13H2,1H3,(H2,32,33,34). The van der Waals surface area contributed by atoms with Crippen LogP contribution in [-0.4, -0.2) is 50.1 Å². The number of thiophene rings is 1. The number of hydrogen-bond acceptors (Lipinski definition) is 7. The molecule has 2 amide bonds. The molecule has 1 aliphatic heterocycles. The van der Waals surface area contributed by atoms with Crippen molar-refractivity contribution in [2.75, 3.05) is 32.1 Å². The molecule has 1 atom stereocenters. The molecule has 2 aromatic heterocycles. The van der Waals surface area contributed by atoms with Crippen molar-refractivity contribution in [3.63, 3.8) is 0 Å². The second-order valence-electron chi connectivity index (χ2n) is 8.91. The first kappa shape index (κ1) is 25.2. The number of hydrogen-bond donors (Lipinski definition) is 3. The van der Waals surface area contributed by atoms with E-state index in [0.717, 1.165) is 42.9 Å². The summed E-state index contributed by atoms with van der Waals surface area (Å²) < 4.78 is 41.0. The van der Waals surface area contributed by atoms with Crippen LogP contribution >= 0.6 is 11.3 Å². The molecule has 1 saturated carbocycles. The SMILES string of the molecule is COCCNCC1C=NC(c2cc3nccc(Oc4ccc(NC(=O)NC5CC5)c(F)c4F)c3s2)=CC1. The molecule has 3 N–H and O–H groups in total. The number of methoxy groups -OCH3 is 1. The van der Waals surface area contributed by atoms with Crippen LogP contribution in [0.1, 0.15) is 24.1 Å². The van der Waals surface area contributed by atoms with E-state index >= 15 is 0 Å². The molecule has 2 aliphatic rings. The normalized spacial score (nSPS) is 17.1. The van der Waals surface area contributed by atoms with Crippen LogP contribution in [0.25, 0.3) is 15.9 Å². The van der Waals surface area contributed by atoms with Gasteiger partial charge in [0.25, 0.3) is 0 Å². The van der Waals surface area contributed by atoms with E-state index in [9.17, 15) is 13.6 Å². The summed E-state index contributed by atoms with van der Waals surface area (Å²) in [4.78, 5) is 21.8. The molecule has 3 aromatic rings. The Hall–Kier alpha value is -3.41. The number of ether oxygens (including phenoxy) is 2. The molecule has 1 aromatic carbocycles. The highest BCUT2D eigenvalue weighted by atomic mass is 32.1. The number of benzene rings is 1. The molecule has 0 radical (unpaired) electrons. The summed E-state index contributed by atoms with van der Waals surface area (Å²) >= 11 is 1.43. The Kier molecular flexibility index (Phi) is 7.73. The van der Waals surface area contributed by atoms with Gasteiger partial charge in [0.15, 0.2) is 11.6 Å². The van der Waals surface area contributed by atoms with E-state index in [2.05, 4.69) is 32.0 Å². The Morgan fingerprint density at radius 2 is 2.05 bits per heavy atom. The summed E-state index contributed by atoms with van der Waals surface area (Å²) in [6.45, 7) is 2.28. The van der Waals surface area contributed by atoms with Gasteiger partial charge < -0.3 is 25.4 Å². The summed E-state index contributed by atoms with van der Waals surface area (Å²) in [6.07, 6.45) is 8.23. The van der Waals surface area contributed by atoms with Gasteiger partial charge in [0.1, 0.15) is 5.75 Å². The maximum atomic E-state index is 14.8. The zero-order valence-corrected chi connectivity index (χ0v) is 21.0. The minimum absolute atomic E-state index is 0.0971. The lowest BCUT2D eigenvalue weighted by atomic mass is 10.0. The van der Waals surface area contributed by atoms with Crippen molar-refractivity contribution in [3.8, 4) is 11.5 Å². The molecule has 5 rings (SSSR count). The van der Waals surface area contributed by atoms with Gasteiger partial charge in [-0.3, -0.25) is 9.98 Å². The summed E-state index contributed by atoms with van der Waals surface area (Å²) in [7, 11) is 1.68. The number of carbonyl (C=O) groups excluding carboxylic acids is 1. The van der Waals surface area contributed by atoms with Crippen molar-refractivity contribution in [1.29, 1.82) is 0 Å². The van der Waals surface area contributed by atoms with E-state index in [0.29, 0.717) is 28.5 Å². The predicted octanol–water partition coefficient (Wildman–Crippen LogP) is 5.32. The molecule has 1 unspecified atom stereocenters. The number of aromatic nitrogens is 1. The second kappa shape index (κ2) is 11.3. The molecule has 1 fully saturated rings. The molecule has 194 valence electrons. The third-order valence-electron chi connectivity index (χ3n) is 5.98. The molecule has 0 spiro atoms. The van der Waals surface area contributed by atoms with Crippen molar-refractivity contribution in [1.82, 2.24) is 15.6 Å². The highest BCUT2D eigenvalue weighted by Gasteiger charge is 2.24. The maximum absolute atomic E-state index is 14.8. The topological polar surface area (TPSA) is 96.9 Å². The largest absolute Gasteiger partial charge is 0.453 e. The van der Waals surface area contributed by atoms with Crippen molar-refractivity contribution in [2.45, 2.75) is 25.3 Å². The van der Waals surface area contributed by atoms with Gasteiger partial charge in [-0.05, 0) is 37.5 Å². The van der Waals surface area contributed by atoms with E-state index in [-0.39, 0.29) is 17.5 Å². The van der Waals surface area contributed by atoms with Crippen LogP contribution in [0.2, 0.25) is 0 Å². The van der Waals surface area contributed by atoms with Crippen LogP contribution in [0, 0.1) is 17.6 Å². The van der Waals surface area contributed by atoms with Crippen LogP contribution < -0.4 is 20.7 Å². The number of nitrogens with one attached hydrogen (secondary N) is 3. The molecule has 11 heteroatoms. The van der Waals surface area contributed by atoms with Gasteiger partial charge in [0.05, 0.1) is 33.1 Å². The highest BCUT2D eigenvalue weighted by molar-refractivity contribution is 7.20. The summed E-state index contributed by atoms with van der Waals surface area (Å²) in [5.41, 5.74) is 1.27. The maximum Gasteiger partial charge on any atom is 0.319 e. The smallest absolute Gasteiger partial charge is 0.319 e. The number of pyridine rings is 1. The fourth-order valence-electron chi connectivity index (χ4n) is 3.84. The fourth-order valence-corrected chi connectivity index (χ4v) is 4.90. The van der Waals surface area contributed by atoms with E-state index in [1.807, 2.05) is 12.3 Å². The first-order valence-electron chi connectivity index (χ1n) is 12.1. The van der Waals surface area contributed by atoms with Crippen LogP contribution in [-0.2, 0) is 4.74 Å². The number of carbonyl (C=O) groups is 1. The van der Waals surface area contributed by atoms with Gasteiger partial charge in [0.2, 0.25) is 5.82 Å². The van der Waals surface area contributed by atoms with Gasteiger partial charge >= 0.3 is 6.03 Å². The molecule has 0 bridgehead atoms. The first-order chi connectivity index (χ1) is 18.0. The molecular weight excluding hydrogens is 500 g/mol. The van der Waals surface area contributed by atoms with Gasteiger partial charge in [-0.2, -0.15) is 4.39 Å². The Labute approximate surface area is 216 Å². The van der Waals surface area contributed by atoms with Crippen molar-refractivity contribution in [2.24, 2.45) is 10.9 Å². The van der Waals surface area contributed by atoms with Gasteiger partial charge in [-0.1, -0.05) is 6.08 Å². The zero-order valence-electron chi connectivity index (χ0n) is 20.2. The number of halogens is 2. The van der Waals surface area contributed by atoms with Gasteiger partial charge in [-0.25, -0.2) is 9.18 Å².